The van der Waals surface area contributed by atoms with Gasteiger partial charge in [-0.1, -0.05) is 0 Å². The Morgan fingerprint density at radius 1 is 1.33 bits per heavy atom. The average Bonchev–Trinajstić information content (AvgIpc) is 2.73. The van der Waals surface area contributed by atoms with Gasteiger partial charge in [0.2, 0.25) is 0 Å². The Labute approximate surface area is 122 Å². The number of sulfonamides is 1. The van der Waals surface area contributed by atoms with E-state index in [1.165, 1.54) is 12.1 Å². The first kappa shape index (κ1) is 15.5. The van der Waals surface area contributed by atoms with Gasteiger partial charge in [0.1, 0.15) is 5.82 Å². The molecule has 0 amide bonds. The number of anilines is 1. The van der Waals surface area contributed by atoms with Crippen molar-refractivity contribution in [3.63, 3.8) is 0 Å². The Bertz CT molecular complexity index is 736. The van der Waals surface area contributed by atoms with Crippen LogP contribution in [0, 0.1) is 19.7 Å². The molecule has 0 radical (unpaired) electrons. The van der Waals surface area contributed by atoms with Crippen LogP contribution in [0.25, 0.3) is 0 Å². The number of hydrogen-bond donors (Lipinski definition) is 3. The number of hydrogen-bond acceptors (Lipinski definition) is 4. The van der Waals surface area contributed by atoms with Gasteiger partial charge in [0, 0.05) is 12.1 Å². The van der Waals surface area contributed by atoms with Crippen LogP contribution in [0.1, 0.15) is 17.0 Å². The van der Waals surface area contributed by atoms with Crippen LogP contribution in [-0.2, 0) is 16.6 Å². The quantitative estimate of drug-likeness (QED) is 0.784. The standard InChI is InChI=1S/C13H17FN4O2S/c1-8-13(9(2)17-16-8)18-21(19,20)11-4-5-12(14)10(6-11)7-15-3/h4-6,15,18H,7H2,1-3H3,(H,16,17). The first-order valence-corrected chi connectivity index (χ1v) is 7.81. The number of H-pyrrole nitrogens is 1. The van der Waals surface area contributed by atoms with Crippen LogP contribution in [0.3, 0.4) is 0 Å². The molecule has 8 heteroatoms. The van der Waals surface area contributed by atoms with Gasteiger partial charge in [0.05, 0.1) is 22.0 Å². The molecule has 3 N–H and O–H groups in total. The molecule has 1 aromatic carbocycles. The summed E-state index contributed by atoms with van der Waals surface area (Å²) in [7, 11) is -2.13. The molecule has 0 saturated carbocycles. The lowest BCUT2D eigenvalue weighted by atomic mass is 10.2. The molecular weight excluding hydrogens is 295 g/mol. The molecule has 0 bridgehead atoms. The Hall–Kier alpha value is -1.93. The SMILES string of the molecule is CNCc1cc(S(=O)(=O)Nc2c(C)n[nH]c2C)ccc1F. The predicted molar refractivity (Wildman–Crippen MR) is 78.0 cm³/mol. The lowest BCUT2D eigenvalue weighted by Gasteiger charge is -2.10. The molecule has 2 rings (SSSR count). The summed E-state index contributed by atoms with van der Waals surface area (Å²) in [6.45, 7) is 3.66. The minimum absolute atomic E-state index is 0.00847. The number of aromatic nitrogens is 2. The van der Waals surface area contributed by atoms with Crippen LogP contribution in [-0.4, -0.2) is 25.7 Å². The molecule has 0 spiro atoms. The fourth-order valence-corrected chi connectivity index (χ4v) is 3.17. The number of nitrogens with one attached hydrogen (secondary N) is 3. The summed E-state index contributed by atoms with van der Waals surface area (Å²) in [5, 5.41) is 9.44. The van der Waals surface area contributed by atoms with E-state index in [0.29, 0.717) is 22.6 Å². The number of nitrogens with zero attached hydrogens (tertiary/aromatic N) is 1. The van der Waals surface area contributed by atoms with Gasteiger partial charge in [-0.15, -0.1) is 0 Å². The summed E-state index contributed by atoms with van der Waals surface area (Å²) >= 11 is 0. The third-order valence-electron chi connectivity index (χ3n) is 3.06. The molecule has 2 aromatic rings. The monoisotopic (exact) mass is 312 g/mol. The zero-order valence-corrected chi connectivity index (χ0v) is 12.8. The maximum Gasteiger partial charge on any atom is 0.262 e. The van der Waals surface area contributed by atoms with E-state index in [0.717, 1.165) is 6.07 Å². The van der Waals surface area contributed by atoms with E-state index in [4.69, 9.17) is 0 Å². The van der Waals surface area contributed by atoms with Gasteiger partial charge in [0.25, 0.3) is 10.0 Å². The Morgan fingerprint density at radius 3 is 2.62 bits per heavy atom. The van der Waals surface area contributed by atoms with Crippen molar-refractivity contribution in [2.75, 3.05) is 11.8 Å². The summed E-state index contributed by atoms with van der Waals surface area (Å²) in [5.74, 6) is -0.445. The van der Waals surface area contributed by atoms with Crippen molar-refractivity contribution < 1.29 is 12.8 Å². The van der Waals surface area contributed by atoms with Crippen LogP contribution in [0.5, 0.6) is 0 Å². The van der Waals surface area contributed by atoms with Crippen LogP contribution in [0.2, 0.25) is 0 Å². The summed E-state index contributed by atoms with van der Waals surface area (Å²) in [6.07, 6.45) is 0. The van der Waals surface area contributed by atoms with E-state index in [1.54, 1.807) is 20.9 Å². The van der Waals surface area contributed by atoms with E-state index in [1.807, 2.05) is 0 Å². The molecule has 6 nitrogen and oxygen atoms in total. The summed E-state index contributed by atoms with van der Waals surface area (Å²) in [5.41, 5.74) is 1.87. The molecule has 0 aliphatic carbocycles. The first-order valence-electron chi connectivity index (χ1n) is 6.32. The van der Waals surface area contributed by atoms with E-state index in [2.05, 4.69) is 20.2 Å². The van der Waals surface area contributed by atoms with Crippen molar-refractivity contribution in [2.45, 2.75) is 25.3 Å². The van der Waals surface area contributed by atoms with Gasteiger partial charge in [-0.25, -0.2) is 12.8 Å². The number of aryl methyl sites for hydroxylation is 2. The average molecular weight is 312 g/mol. The van der Waals surface area contributed by atoms with Crippen molar-refractivity contribution in [1.29, 1.82) is 0 Å². The number of benzene rings is 1. The highest BCUT2D eigenvalue weighted by Gasteiger charge is 2.19. The largest absolute Gasteiger partial charge is 0.316 e. The zero-order valence-electron chi connectivity index (χ0n) is 12.0. The molecule has 0 atom stereocenters. The molecule has 114 valence electrons. The van der Waals surface area contributed by atoms with Crippen molar-refractivity contribution in [2.24, 2.45) is 0 Å². The lowest BCUT2D eigenvalue weighted by molar-refractivity contribution is 0.591. The second kappa shape index (κ2) is 5.82. The van der Waals surface area contributed by atoms with Crippen LogP contribution in [0.4, 0.5) is 10.1 Å². The summed E-state index contributed by atoms with van der Waals surface area (Å²) < 4.78 is 40.8. The van der Waals surface area contributed by atoms with Gasteiger partial charge >= 0.3 is 0 Å². The molecule has 21 heavy (non-hydrogen) atoms. The summed E-state index contributed by atoms with van der Waals surface area (Å²) in [4.78, 5) is 0.00847. The summed E-state index contributed by atoms with van der Waals surface area (Å²) in [6, 6.07) is 3.71. The highest BCUT2D eigenvalue weighted by Crippen LogP contribution is 2.22. The van der Waals surface area contributed by atoms with Gasteiger partial charge in [-0.2, -0.15) is 5.10 Å². The molecule has 0 aliphatic heterocycles. The Morgan fingerprint density at radius 2 is 2.05 bits per heavy atom. The van der Waals surface area contributed by atoms with Gasteiger partial charge < -0.3 is 5.32 Å². The third-order valence-corrected chi connectivity index (χ3v) is 4.41. The van der Waals surface area contributed by atoms with Crippen LogP contribution >= 0.6 is 0 Å². The van der Waals surface area contributed by atoms with Crippen molar-refractivity contribution in [3.8, 4) is 0 Å². The van der Waals surface area contributed by atoms with Crippen molar-refractivity contribution in [1.82, 2.24) is 15.5 Å². The van der Waals surface area contributed by atoms with Gasteiger partial charge in [-0.3, -0.25) is 9.82 Å². The fraction of sp³-hybridized carbons (Fsp3) is 0.308. The lowest BCUT2D eigenvalue weighted by Crippen LogP contribution is -2.15. The molecule has 1 heterocycles. The van der Waals surface area contributed by atoms with E-state index in [-0.39, 0.29) is 11.4 Å². The molecular formula is C13H17FN4O2S. The molecule has 0 unspecified atom stereocenters. The number of rotatable bonds is 5. The maximum atomic E-state index is 13.6. The molecule has 0 fully saturated rings. The highest BCUT2D eigenvalue weighted by atomic mass is 32.2. The van der Waals surface area contributed by atoms with E-state index in [9.17, 15) is 12.8 Å². The maximum absolute atomic E-state index is 13.6. The zero-order chi connectivity index (χ0) is 15.6. The topological polar surface area (TPSA) is 86.9 Å². The minimum atomic E-state index is -3.79. The highest BCUT2D eigenvalue weighted by molar-refractivity contribution is 7.92. The smallest absolute Gasteiger partial charge is 0.262 e. The molecule has 0 aliphatic rings. The van der Waals surface area contributed by atoms with Crippen LogP contribution < -0.4 is 10.0 Å². The third kappa shape index (κ3) is 3.22. The normalized spacial score (nSPS) is 11.6. The first-order chi connectivity index (χ1) is 9.85. The minimum Gasteiger partial charge on any atom is -0.316 e. The fourth-order valence-electron chi connectivity index (χ4n) is 1.94. The van der Waals surface area contributed by atoms with Gasteiger partial charge in [0.15, 0.2) is 0 Å². The molecule has 1 aromatic heterocycles. The van der Waals surface area contributed by atoms with E-state index >= 15 is 0 Å². The molecule has 0 saturated heterocycles. The van der Waals surface area contributed by atoms with Crippen molar-refractivity contribution >= 4 is 15.7 Å². The second-order valence-corrected chi connectivity index (χ2v) is 6.38. The number of aromatic amines is 1. The van der Waals surface area contributed by atoms with Crippen molar-refractivity contribution in [3.05, 3.63) is 41.0 Å². The van der Waals surface area contributed by atoms with Gasteiger partial charge in [-0.05, 0) is 39.1 Å². The number of halogens is 1. The predicted octanol–water partition coefficient (Wildman–Crippen LogP) is 1.69. The Kier molecular flexibility index (Phi) is 4.29. The second-order valence-electron chi connectivity index (χ2n) is 4.70. The van der Waals surface area contributed by atoms with E-state index < -0.39 is 15.8 Å². The Balaban J connectivity index is 2.38. The van der Waals surface area contributed by atoms with Crippen LogP contribution in [0.15, 0.2) is 23.1 Å².